The quantitative estimate of drug-likeness (QED) is 0.174. The molecule has 7 heteroatoms. The van der Waals surface area contributed by atoms with Crippen LogP contribution in [-0.2, 0) is 20.7 Å². The molecule has 0 aliphatic heterocycles. The summed E-state index contributed by atoms with van der Waals surface area (Å²) >= 11 is 0. The molecule has 0 heterocycles. The summed E-state index contributed by atoms with van der Waals surface area (Å²) in [6.07, 6.45) is 16.2. The number of ether oxygens (including phenoxy) is 1. The van der Waals surface area contributed by atoms with Crippen molar-refractivity contribution in [2.24, 2.45) is 67.5 Å². The number of carboxylic acid groups (broad SMARTS) is 1. The van der Waals surface area contributed by atoms with Crippen molar-refractivity contribution in [3.05, 3.63) is 41.0 Å². The average molecular weight is 787 g/mol. The van der Waals surface area contributed by atoms with Crippen LogP contribution in [0.15, 0.2) is 29.8 Å². The second kappa shape index (κ2) is 13.6. The van der Waals surface area contributed by atoms with E-state index in [1.54, 1.807) is 0 Å². The molecule has 1 aromatic rings. The number of phenolic OH excluding ortho intramolecular Hbond substituents is 1. The van der Waals surface area contributed by atoms with Gasteiger partial charge < -0.3 is 25.2 Å². The van der Waals surface area contributed by atoms with Crippen molar-refractivity contribution in [2.75, 3.05) is 0 Å². The van der Waals surface area contributed by atoms with Crippen molar-refractivity contribution in [1.82, 2.24) is 0 Å². The lowest BCUT2D eigenvalue weighted by molar-refractivity contribution is -0.218. The van der Waals surface area contributed by atoms with Crippen molar-refractivity contribution in [1.29, 1.82) is 0 Å². The highest BCUT2D eigenvalue weighted by atomic mass is 16.5. The molecular formula is C50H74O7. The molecule has 0 radical (unpaired) electrons. The number of hydrogen-bond acceptors (Lipinski definition) is 6. The van der Waals surface area contributed by atoms with Gasteiger partial charge in [0, 0.05) is 12.3 Å². The first-order valence-electron chi connectivity index (χ1n) is 22.8. The van der Waals surface area contributed by atoms with Crippen LogP contribution in [0.2, 0.25) is 0 Å². The van der Waals surface area contributed by atoms with Gasteiger partial charge in [0.1, 0.15) is 17.3 Å². The fourth-order valence-corrected chi connectivity index (χ4v) is 16.6. The van der Waals surface area contributed by atoms with E-state index in [0.717, 1.165) is 64.2 Å². The van der Waals surface area contributed by atoms with Gasteiger partial charge in [0.15, 0.2) is 0 Å². The molecule has 7 nitrogen and oxygen atoms in total. The van der Waals surface area contributed by atoms with Gasteiger partial charge in [-0.2, -0.15) is 0 Å². The number of carbonyl (C=O) groups is 2. The number of benzene rings is 1. The minimum atomic E-state index is -1.04. The third-order valence-electron chi connectivity index (χ3n) is 20.0. The van der Waals surface area contributed by atoms with E-state index in [1.807, 2.05) is 12.1 Å². The van der Waals surface area contributed by atoms with E-state index in [0.29, 0.717) is 48.2 Å². The molecule has 8 aliphatic rings. The average Bonchev–Trinajstić information content (AvgIpc) is 3.45. The van der Waals surface area contributed by atoms with E-state index < -0.39 is 17.5 Å². The Balaban J connectivity index is 0.000000172. The normalized spacial score (nSPS) is 47.4. The number of rotatable bonds is 2. The first-order chi connectivity index (χ1) is 26.5. The topological polar surface area (TPSA) is 124 Å². The summed E-state index contributed by atoms with van der Waals surface area (Å²) in [5.41, 5.74) is 3.24. The van der Waals surface area contributed by atoms with Gasteiger partial charge in [0.25, 0.3) is 0 Å². The highest BCUT2D eigenvalue weighted by Gasteiger charge is 2.71. The molecular weight excluding hydrogens is 713 g/mol. The van der Waals surface area contributed by atoms with Crippen LogP contribution in [0.4, 0.5) is 0 Å². The minimum Gasteiger partial charge on any atom is -0.508 e. The number of esters is 1. The summed E-state index contributed by atoms with van der Waals surface area (Å²) < 4.78 is 5.68. The van der Waals surface area contributed by atoms with Gasteiger partial charge in [-0.15, -0.1) is 0 Å². The van der Waals surface area contributed by atoms with Crippen LogP contribution >= 0.6 is 0 Å². The molecule has 0 amide bonds. The smallest absolute Gasteiger partial charge is 0.312 e. The monoisotopic (exact) mass is 787 g/mol. The van der Waals surface area contributed by atoms with Gasteiger partial charge in [-0.3, -0.25) is 9.59 Å². The van der Waals surface area contributed by atoms with Gasteiger partial charge in [0.05, 0.1) is 12.2 Å². The summed E-state index contributed by atoms with van der Waals surface area (Å²) in [7, 11) is 0. The summed E-state index contributed by atoms with van der Waals surface area (Å²) in [4.78, 5) is 24.3. The zero-order valence-electron chi connectivity index (χ0n) is 36.6. The Kier molecular flexibility index (Phi) is 9.84. The fraction of sp³-hybridized carbons (Fsp3) is 0.800. The van der Waals surface area contributed by atoms with Gasteiger partial charge in [-0.05, 0) is 182 Å². The second-order valence-corrected chi connectivity index (χ2v) is 23.2. The molecule has 0 saturated heterocycles. The van der Waals surface area contributed by atoms with E-state index in [-0.39, 0.29) is 56.6 Å². The molecule has 1 aromatic carbocycles. The fourth-order valence-electron chi connectivity index (χ4n) is 16.6. The van der Waals surface area contributed by atoms with Crippen molar-refractivity contribution < 1.29 is 34.8 Å². The maximum Gasteiger partial charge on any atom is 0.312 e. The Hall–Kier alpha value is -2.38. The summed E-state index contributed by atoms with van der Waals surface area (Å²) in [6, 6.07) is 5.93. The number of aliphatic hydroxyl groups is 2. The Morgan fingerprint density at radius 1 is 0.772 bits per heavy atom. The number of aryl methyl sites for hydroxylation is 1. The van der Waals surface area contributed by atoms with Crippen molar-refractivity contribution in [3.8, 4) is 5.75 Å². The lowest BCUT2D eigenvalue weighted by Crippen LogP contribution is -2.67. The predicted octanol–water partition coefficient (Wildman–Crippen LogP) is 10.4. The zero-order chi connectivity index (χ0) is 41.3. The van der Waals surface area contributed by atoms with Crippen LogP contribution < -0.4 is 0 Å². The largest absolute Gasteiger partial charge is 0.508 e. The van der Waals surface area contributed by atoms with E-state index in [2.05, 4.69) is 67.5 Å². The van der Waals surface area contributed by atoms with Crippen LogP contribution in [0.25, 0.3) is 0 Å². The maximum absolute atomic E-state index is 12.8. The first-order valence-corrected chi connectivity index (χ1v) is 22.8. The van der Waals surface area contributed by atoms with E-state index in [4.69, 9.17) is 4.74 Å². The molecule has 6 fully saturated rings. The van der Waals surface area contributed by atoms with Gasteiger partial charge >= 0.3 is 11.9 Å². The molecule has 9 rings (SSSR count). The highest BCUT2D eigenvalue weighted by Crippen LogP contribution is 2.76. The number of carbonyl (C=O) groups excluding carboxylic acids is 1. The van der Waals surface area contributed by atoms with Gasteiger partial charge in [-0.1, -0.05) is 73.1 Å². The molecule has 14 unspecified atom stereocenters. The Morgan fingerprint density at radius 3 is 2.19 bits per heavy atom. The van der Waals surface area contributed by atoms with Gasteiger partial charge in [0.2, 0.25) is 0 Å². The lowest BCUT2D eigenvalue weighted by atomic mass is 9.33. The Labute approximate surface area is 342 Å². The molecule has 8 aliphatic carbocycles. The van der Waals surface area contributed by atoms with Crippen molar-refractivity contribution in [3.63, 3.8) is 0 Å². The summed E-state index contributed by atoms with van der Waals surface area (Å²) in [6.45, 7) is 20.3. The molecule has 316 valence electrons. The number of aliphatic hydroxyl groups excluding tert-OH is 2. The van der Waals surface area contributed by atoms with E-state index >= 15 is 0 Å². The summed E-state index contributed by atoms with van der Waals surface area (Å²) in [5.74, 6) is 2.32. The molecule has 0 spiro atoms. The number of carboxylic acids is 1. The minimum absolute atomic E-state index is 0.0218. The molecule has 14 atom stereocenters. The number of hydrogen-bond donors (Lipinski definition) is 4. The highest BCUT2D eigenvalue weighted by molar-refractivity contribution is 5.77. The maximum atomic E-state index is 12.8. The first kappa shape index (κ1) is 41.4. The standard InChI is InChI=1S/C30H48O4.C20H26O3/c1-25(2)14-15-30(24(33)34)19(16-25)18-8-9-21-27(5)12-11-22(31)26(3,4)20(27)10-13-28(21,6)29(18,7)17-23(30)32;1-12(21)23-19-8-7-18-17-5-3-13-11-14(22)4-6-15(13)16(17)9-10-20(18,19)2/h8,19-23,31-32H,9-17H2,1-7H3,(H,33,34);4,6,11,16-19,22H,3,5,7-10H2,1-2H3. The van der Waals surface area contributed by atoms with E-state index in [1.165, 1.54) is 42.9 Å². The second-order valence-electron chi connectivity index (χ2n) is 23.2. The Bertz CT molecular complexity index is 1810. The van der Waals surface area contributed by atoms with Gasteiger partial charge in [-0.25, -0.2) is 0 Å². The lowest BCUT2D eigenvalue weighted by Gasteiger charge is -2.71. The van der Waals surface area contributed by atoms with Crippen LogP contribution in [0.5, 0.6) is 5.75 Å². The molecule has 6 saturated carbocycles. The molecule has 0 bridgehead atoms. The number of allylic oxidation sites excluding steroid dienone is 2. The number of phenols is 1. The number of aromatic hydroxyl groups is 1. The van der Waals surface area contributed by atoms with Crippen LogP contribution in [0.1, 0.15) is 169 Å². The zero-order valence-corrected chi connectivity index (χ0v) is 36.6. The Morgan fingerprint density at radius 2 is 1.49 bits per heavy atom. The predicted molar refractivity (Wildman–Crippen MR) is 222 cm³/mol. The van der Waals surface area contributed by atoms with E-state index in [9.17, 15) is 30.0 Å². The summed E-state index contributed by atoms with van der Waals surface area (Å²) in [5, 5.41) is 42.8. The molecule has 4 N–H and O–H groups in total. The molecule has 57 heavy (non-hydrogen) atoms. The van der Waals surface area contributed by atoms with Crippen LogP contribution in [-0.4, -0.2) is 50.7 Å². The number of aliphatic carboxylic acids is 1. The van der Waals surface area contributed by atoms with Crippen molar-refractivity contribution >= 4 is 11.9 Å². The third-order valence-corrected chi connectivity index (χ3v) is 20.0. The third kappa shape index (κ3) is 5.90. The van der Waals surface area contributed by atoms with Crippen molar-refractivity contribution in [2.45, 2.75) is 183 Å². The van der Waals surface area contributed by atoms with Crippen LogP contribution in [0, 0.1) is 67.5 Å². The molecule has 0 aromatic heterocycles. The SMILES string of the molecule is CC(=O)OC1CCC2C3CCc4cc(O)ccc4C3CCC12C.CC1(C)CCC2(C(=O)O)C(O)CC3(C)C(=CCC4C5(C)CCC(O)C(C)(C)C5CCC43C)C2C1. The number of fused-ring (bicyclic) bond motifs is 12. The van der Waals surface area contributed by atoms with Crippen LogP contribution in [0.3, 0.4) is 0 Å².